The molecule has 1 fully saturated rings. The lowest BCUT2D eigenvalue weighted by Gasteiger charge is -2.22. The molecule has 2 rings (SSSR count). The standard InChI is InChI=1S/C13H13N3O3/c1-8-4-5-16(11(8)13(18)19)12(17)10-3-2-9(6-14)7-15-10/h2-3,7-8,11H,4-5H2,1H3,(H,18,19). The van der Waals surface area contributed by atoms with Gasteiger partial charge in [0.05, 0.1) is 5.56 Å². The number of carboxylic acid groups (broad SMARTS) is 1. The van der Waals surface area contributed by atoms with E-state index in [1.165, 1.54) is 23.2 Å². The molecule has 1 N–H and O–H groups in total. The van der Waals surface area contributed by atoms with Crippen molar-refractivity contribution in [2.45, 2.75) is 19.4 Å². The second-order valence-electron chi connectivity index (χ2n) is 4.59. The third-order valence-electron chi connectivity index (χ3n) is 3.33. The van der Waals surface area contributed by atoms with Gasteiger partial charge in [-0.1, -0.05) is 6.92 Å². The third-order valence-corrected chi connectivity index (χ3v) is 3.33. The minimum atomic E-state index is -0.994. The van der Waals surface area contributed by atoms with E-state index in [0.717, 1.165) is 0 Å². The van der Waals surface area contributed by atoms with Crippen LogP contribution in [0.3, 0.4) is 0 Å². The van der Waals surface area contributed by atoms with E-state index in [0.29, 0.717) is 18.5 Å². The lowest BCUT2D eigenvalue weighted by Crippen LogP contribution is -2.43. The Hall–Kier alpha value is -2.42. The largest absolute Gasteiger partial charge is 0.480 e. The number of hydrogen-bond acceptors (Lipinski definition) is 4. The molecule has 19 heavy (non-hydrogen) atoms. The first-order valence-electron chi connectivity index (χ1n) is 5.94. The summed E-state index contributed by atoms with van der Waals surface area (Å²) in [5.74, 6) is -1.46. The van der Waals surface area contributed by atoms with Crippen molar-refractivity contribution >= 4 is 11.9 Å². The molecular formula is C13H13N3O3. The van der Waals surface area contributed by atoms with Gasteiger partial charge >= 0.3 is 5.97 Å². The molecule has 0 radical (unpaired) electrons. The van der Waals surface area contributed by atoms with Gasteiger partial charge < -0.3 is 10.0 Å². The molecule has 2 heterocycles. The van der Waals surface area contributed by atoms with E-state index in [9.17, 15) is 14.7 Å². The molecule has 6 nitrogen and oxygen atoms in total. The molecular weight excluding hydrogens is 246 g/mol. The van der Waals surface area contributed by atoms with Crippen LogP contribution >= 0.6 is 0 Å². The highest BCUT2D eigenvalue weighted by molar-refractivity contribution is 5.95. The first-order valence-corrected chi connectivity index (χ1v) is 5.94. The number of aliphatic carboxylic acids is 1. The highest BCUT2D eigenvalue weighted by Crippen LogP contribution is 2.25. The van der Waals surface area contributed by atoms with Crippen LogP contribution in [0.5, 0.6) is 0 Å². The first-order chi connectivity index (χ1) is 9.04. The summed E-state index contributed by atoms with van der Waals surface area (Å²) in [4.78, 5) is 28.7. The Kier molecular flexibility index (Phi) is 3.47. The molecule has 0 aliphatic carbocycles. The molecule has 1 aliphatic rings. The Morgan fingerprint density at radius 1 is 1.53 bits per heavy atom. The molecule has 6 heteroatoms. The summed E-state index contributed by atoms with van der Waals surface area (Å²) in [7, 11) is 0. The Morgan fingerprint density at radius 2 is 2.26 bits per heavy atom. The zero-order chi connectivity index (χ0) is 14.0. The predicted molar refractivity (Wildman–Crippen MR) is 65.2 cm³/mol. The van der Waals surface area contributed by atoms with Crippen LogP contribution in [0.25, 0.3) is 0 Å². The van der Waals surface area contributed by atoms with E-state index in [4.69, 9.17) is 5.26 Å². The van der Waals surface area contributed by atoms with E-state index in [1.54, 1.807) is 0 Å². The second-order valence-corrected chi connectivity index (χ2v) is 4.59. The van der Waals surface area contributed by atoms with Crippen LogP contribution in [0.1, 0.15) is 29.4 Å². The van der Waals surface area contributed by atoms with Gasteiger partial charge in [-0.2, -0.15) is 5.26 Å². The number of hydrogen-bond donors (Lipinski definition) is 1. The molecule has 2 atom stereocenters. The smallest absolute Gasteiger partial charge is 0.326 e. The molecule has 0 saturated carbocycles. The SMILES string of the molecule is CC1CCN(C(=O)c2ccc(C#N)cn2)C1C(=O)O. The number of carboxylic acids is 1. The Labute approximate surface area is 110 Å². The third kappa shape index (κ3) is 2.40. The Balaban J connectivity index is 2.23. The van der Waals surface area contributed by atoms with Gasteiger partial charge in [-0.25, -0.2) is 9.78 Å². The number of pyridine rings is 1. The molecule has 0 spiro atoms. The van der Waals surface area contributed by atoms with Gasteiger partial charge in [0.2, 0.25) is 0 Å². The van der Waals surface area contributed by atoms with E-state index in [-0.39, 0.29) is 11.6 Å². The quantitative estimate of drug-likeness (QED) is 0.851. The average Bonchev–Trinajstić information content (AvgIpc) is 2.80. The number of likely N-dealkylation sites (tertiary alicyclic amines) is 1. The number of aromatic nitrogens is 1. The van der Waals surface area contributed by atoms with Crippen molar-refractivity contribution in [1.29, 1.82) is 5.26 Å². The van der Waals surface area contributed by atoms with E-state index in [2.05, 4.69) is 4.98 Å². The van der Waals surface area contributed by atoms with Gasteiger partial charge in [0, 0.05) is 12.7 Å². The zero-order valence-electron chi connectivity index (χ0n) is 10.4. The maximum Gasteiger partial charge on any atom is 0.326 e. The summed E-state index contributed by atoms with van der Waals surface area (Å²) in [5, 5.41) is 17.8. The molecule has 1 aromatic rings. The first kappa shape index (κ1) is 13.0. The molecule has 1 amide bonds. The fraction of sp³-hybridized carbons (Fsp3) is 0.385. The summed E-state index contributed by atoms with van der Waals surface area (Å²) in [6.07, 6.45) is 1.97. The molecule has 0 bridgehead atoms. The summed E-state index contributed by atoms with van der Waals surface area (Å²) >= 11 is 0. The highest BCUT2D eigenvalue weighted by atomic mass is 16.4. The van der Waals surface area contributed by atoms with Gasteiger partial charge in [0.15, 0.2) is 0 Å². The van der Waals surface area contributed by atoms with Crippen LogP contribution in [0.2, 0.25) is 0 Å². The summed E-state index contributed by atoms with van der Waals surface area (Å²) in [5.41, 5.74) is 0.528. The maximum atomic E-state index is 12.2. The van der Waals surface area contributed by atoms with Crippen molar-refractivity contribution in [3.05, 3.63) is 29.6 Å². The van der Waals surface area contributed by atoms with Crippen molar-refractivity contribution in [2.75, 3.05) is 6.54 Å². The van der Waals surface area contributed by atoms with Crippen molar-refractivity contribution in [3.63, 3.8) is 0 Å². The second kappa shape index (κ2) is 5.06. The Morgan fingerprint density at radius 3 is 2.79 bits per heavy atom. The molecule has 1 saturated heterocycles. The number of carbonyl (C=O) groups is 2. The summed E-state index contributed by atoms with van der Waals surface area (Å²) in [6, 6.07) is 4.06. The van der Waals surface area contributed by atoms with Gasteiger partial charge in [0.1, 0.15) is 17.8 Å². The number of nitriles is 1. The number of nitrogens with zero attached hydrogens (tertiary/aromatic N) is 3. The van der Waals surface area contributed by atoms with E-state index < -0.39 is 17.9 Å². The zero-order valence-corrected chi connectivity index (χ0v) is 10.4. The highest BCUT2D eigenvalue weighted by Gasteiger charge is 2.40. The van der Waals surface area contributed by atoms with Crippen LogP contribution < -0.4 is 0 Å². The summed E-state index contributed by atoms with van der Waals surface area (Å²) < 4.78 is 0. The minimum Gasteiger partial charge on any atom is -0.480 e. The van der Waals surface area contributed by atoms with Crippen molar-refractivity contribution in [3.8, 4) is 6.07 Å². The van der Waals surface area contributed by atoms with Crippen LogP contribution in [0, 0.1) is 17.2 Å². The fourth-order valence-corrected chi connectivity index (χ4v) is 2.29. The normalized spacial score (nSPS) is 22.0. The van der Waals surface area contributed by atoms with Gasteiger partial charge in [-0.05, 0) is 24.5 Å². The predicted octanol–water partition coefficient (Wildman–Crippen LogP) is 0.888. The maximum absolute atomic E-state index is 12.2. The van der Waals surface area contributed by atoms with Gasteiger partial charge in [0.25, 0.3) is 5.91 Å². The monoisotopic (exact) mass is 259 g/mol. The molecule has 1 aromatic heterocycles. The van der Waals surface area contributed by atoms with Crippen LogP contribution in [0.15, 0.2) is 18.3 Å². The van der Waals surface area contributed by atoms with Crippen LogP contribution in [-0.2, 0) is 4.79 Å². The molecule has 2 unspecified atom stereocenters. The van der Waals surface area contributed by atoms with Gasteiger partial charge in [-0.3, -0.25) is 4.79 Å². The topological polar surface area (TPSA) is 94.3 Å². The number of rotatable bonds is 2. The minimum absolute atomic E-state index is 0.0696. The van der Waals surface area contributed by atoms with Crippen molar-refractivity contribution in [1.82, 2.24) is 9.88 Å². The summed E-state index contributed by atoms with van der Waals surface area (Å²) in [6.45, 7) is 2.23. The lowest BCUT2D eigenvalue weighted by atomic mass is 10.0. The van der Waals surface area contributed by atoms with Crippen LogP contribution in [0.4, 0.5) is 0 Å². The molecule has 98 valence electrons. The Bertz CT molecular complexity index is 547. The fourth-order valence-electron chi connectivity index (χ4n) is 2.29. The molecule has 0 aromatic carbocycles. The number of carbonyl (C=O) groups excluding carboxylic acids is 1. The van der Waals surface area contributed by atoms with E-state index in [1.807, 2.05) is 13.0 Å². The number of amides is 1. The molecule has 1 aliphatic heterocycles. The van der Waals surface area contributed by atoms with Crippen molar-refractivity contribution < 1.29 is 14.7 Å². The van der Waals surface area contributed by atoms with Crippen molar-refractivity contribution in [2.24, 2.45) is 5.92 Å². The van der Waals surface area contributed by atoms with Crippen LogP contribution in [-0.4, -0.2) is 39.5 Å². The lowest BCUT2D eigenvalue weighted by molar-refractivity contribution is -0.142. The van der Waals surface area contributed by atoms with E-state index >= 15 is 0 Å². The average molecular weight is 259 g/mol. The van der Waals surface area contributed by atoms with Gasteiger partial charge in [-0.15, -0.1) is 0 Å².